The summed E-state index contributed by atoms with van der Waals surface area (Å²) in [7, 11) is 2.91. The summed E-state index contributed by atoms with van der Waals surface area (Å²) in [6, 6.07) is 11.2. The van der Waals surface area contributed by atoms with E-state index < -0.39 is 10.8 Å². The smallest absolute Gasteiger partial charge is 0.293 e. The molecule has 0 aromatic heterocycles. The Labute approximate surface area is 155 Å². The molecule has 2 aromatic rings. The van der Waals surface area contributed by atoms with Crippen LogP contribution in [0.1, 0.15) is 11.1 Å². The number of carbonyl (C=O) groups excluding carboxylic acids is 1. The Bertz CT molecular complexity index is 960. The zero-order chi connectivity index (χ0) is 20.0. The molecule has 0 saturated heterocycles. The first-order valence-corrected chi connectivity index (χ1v) is 7.80. The molecule has 138 valence electrons. The van der Waals surface area contributed by atoms with Crippen LogP contribution in [0.4, 0.5) is 11.4 Å². The van der Waals surface area contributed by atoms with Gasteiger partial charge in [-0.3, -0.25) is 14.9 Å². The number of anilines is 1. The van der Waals surface area contributed by atoms with Crippen molar-refractivity contribution in [2.45, 2.75) is 6.92 Å². The number of nitro benzene ring substituents is 1. The Balaban J connectivity index is 2.40. The molecule has 0 radical (unpaired) electrons. The van der Waals surface area contributed by atoms with Crippen LogP contribution < -0.4 is 14.8 Å². The van der Waals surface area contributed by atoms with Crippen LogP contribution in [-0.4, -0.2) is 25.1 Å². The van der Waals surface area contributed by atoms with Gasteiger partial charge in [-0.15, -0.1) is 0 Å². The Morgan fingerprint density at radius 2 is 2.00 bits per heavy atom. The molecule has 1 N–H and O–H groups in total. The summed E-state index contributed by atoms with van der Waals surface area (Å²) >= 11 is 0. The maximum Gasteiger partial charge on any atom is 0.293 e. The van der Waals surface area contributed by atoms with Crippen LogP contribution in [-0.2, 0) is 4.79 Å². The van der Waals surface area contributed by atoms with Crippen molar-refractivity contribution in [2.24, 2.45) is 0 Å². The summed E-state index contributed by atoms with van der Waals surface area (Å²) in [4.78, 5) is 23.1. The zero-order valence-electron chi connectivity index (χ0n) is 15.0. The fourth-order valence-corrected chi connectivity index (χ4v) is 2.42. The fraction of sp³-hybridized carbons (Fsp3) is 0.158. The highest BCUT2D eigenvalue weighted by molar-refractivity contribution is 6.10. The van der Waals surface area contributed by atoms with Gasteiger partial charge < -0.3 is 14.8 Å². The minimum absolute atomic E-state index is 0.00866. The van der Waals surface area contributed by atoms with Gasteiger partial charge in [0.2, 0.25) is 0 Å². The van der Waals surface area contributed by atoms with Crippen LogP contribution in [0.3, 0.4) is 0 Å². The van der Waals surface area contributed by atoms with Gasteiger partial charge in [0.15, 0.2) is 11.5 Å². The van der Waals surface area contributed by atoms with Crippen LogP contribution in [0.25, 0.3) is 6.08 Å². The molecule has 0 saturated carbocycles. The number of rotatable bonds is 6. The lowest BCUT2D eigenvalue weighted by molar-refractivity contribution is -0.384. The summed E-state index contributed by atoms with van der Waals surface area (Å²) in [5, 5.41) is 23.0. The minimum atomic E-state index is -0.769. The maximum atomic E-state index is 12.5. The molecule has 0 aliphatic carbocycles. The van der Waals surface area contributed by atoms with Crippen LogP contribution in [0.15, 0.2) is 42.0 Å². The zero-order valence-corrected chi connectivity index (χ0v) is 15.0. The molecule has 2 rings (SSSR count). The van der Waals surface area contributed by atoms with Crippen molar-refractivity contribution < 1.29 is 19.2 Å². The second-order valence-corrected chi connectivity index (χ2v) is 5.48. The summed E-state index contributed by atoms with van der Waals surface area (Å²) in [6.45, 7) is 1.70. The monoisotopic (exact) mass is 367 g/mol. The highest BCUT2D eigenvalue weighted by Gasteiger charge is 2.19. The van der Waals surface area contributed by atoms with Gasteiger partial charge in [-0.05, 0) is 30.7 Å². The largest absolute Gasteiger partial charge is 0.493 e. The lowest BCUT2D eigenvalue weighted by Crippen LogP contribution is -2.14. The molecule has 0 aliphatic heterocycles. The number of nitrogens with zero attached hydrogens (tertiary/aromatic N) is 2. The average Bonchev–Trinajstić information content (AvgIpc) is 2.66. The van der Waals surface area contributed by atoms with E-state index >= 15 is 0 Å². The van der Waals surface area contributed by atoms with E-state index in [2.05, 4.69) is 5.32 Å². The molecule has 8 nitrogen and oxygen atoms in total. The fourth-order valence-electron chi connectivity index (χ4n) is 2.42. The van der Waals surface area contributed by atoms with Gasteiger partial charge in [-0.1, -0.05) is 18.2 Å². The van der Waals surface area contributed by atoms with Crippen LogP contribution in [0.5, 0.6) is 11.5 Å². The van der Waals surface area contributed by atoms with Crippen molar-refractivity contribution in [1.82, 2.24) is 0 Å². The molecule has 0 spiro atoms. The van der Waals surface area contributed by atoms with Gasteiger partial charge in [0.05, 0.1) is 19.1 Å². The number of nitro groups is 1. The van der Waals surface area contributed by atoms with Crippen LogP contribution in [0.2, 0.25) is 0 Å². The molecule has 0 unspecified atom stereocenters. The van der Waals surface area contributed by atoms with Gasteiger partial charge in [0.25, 0.3) is 11.6 Å². The third-order valence-corrected chi connectivity index (χ3v) is 3.70. The van der Waals surface area contributed by atoms with Gasteiger partial charge >= 0.3 is 0 Å². The molecule has 0 fully saturated rings. The van der Waals surface area contributed by atoms with Crippen molar-refractivity contribution in [1.29, 1.82) is 5.26 Å². The molecule has 2 aromatic carbocycles. The van der Waals surface area contributed by atoms with E-state index in [0.717, 1.165) is 0 Å². The standard InChI is InChI=1S/C19H17N3O5/c1-12-7-8-15(16(9-12)22(24)25)21-19(23)14(11-20)10-13-5-4-6-17(26-2)18(13)27-3/h4-10H,1-3H3,(H,21,23). The number of ether oxygens (including phenoxy) is 2. The number of aryl methyl sites for hydroxylation is 1. The van der Waals surface area contributed by atoms with Crippen LogP contribution >= 0.6 is 0 Å². The molecule has 0 aliphatic rings. The first kappa shape index (κ1) is 19.5. The van der Waals surface area contributed by atoms with Crippen molar-refractivity contribution in [2.75, 3.05) is 19.5 Å². The van der Waals surface area contributed by atoms with Gasteiger partial charge in [0.1, 0.15) is 17.3 Å². The topological polar surface area (TPSA) is 114 Å². The number of para-hydroxylation sites is 1. The van der Waals surface area contributed by atoms with E-state index in [9.17, 15) is 20.2 Å². The van der Waals surface area contributed by atoms with Crippen molar-refractivity contribution in [3.63, 3.8) is 0 Å². The molecular weight excluding hydrogens is 350 g/mol. The Hall–Kier alpha value is -3.86. The van der Waals surface area contributed by atoms with Crippen LogP contribution in [0, 0.1) is 28.4 Å². The number of nitrogens with one attached hydrogen (secondary N) is 1. The summed E-state index contributed by atoms with van der Waals surface area (Å²) < 4.78 is 10.5. The number of benzene rings is 2. The van der Waals surface area contributed by atoms with E-state index in [1.807, 2.05) is 0 Å². The second-order valence-electron chi connectivity index (χ2n) is 5.48. The molecule has 27 heavy (non-hydrogen) atoms. The summed E-state index contributed by atoms with van der Waals surface area (Å²) in [5.41, 5.74) is 0.657. The third kappa shape index (κ3) is 4.41. The minimum Gasteiger partial charge on any atom is -0.493 e. The summed E-state index contributed by atoms with van der Waals surface area (Å²) in [6.07, 6.45) is 1.33. The molecule has 0 atom stereocenters. The van der Waals surface area contributed by atoms with E-state index in [1.165, 1.54) is 32.4 Å². The quantitative estimate of drug-likeness (QED) is 0.362. The number of hydrogen-bond donors (Lipinski definition) is 1. The predicted molar refractivity (Wildman–Crippen MR) is 99.6 cm³/mol. The molecular formula is C19H17N3O5. The van der Waals surface area contributed by atoms with Crippen molar-refractivity contribution in [3.8, 4) is 17.6 Å². The number of methoxy groups -OCH3 is 2. The first-order chi connectivity index (χ1) is 12.9. The number of hydrogen-bond acceptors (Lipinski definition) is 6. The highest BCUT2D eigenvalue weighted by atomic mass is 16.6. The van der Waals surface area contributed by atoms with Crippen molar-refractivity contribution in [3.05, 3.63) is 63.2 Å². The Kier molecular flexibility index (Phi) is 6.12. The van der Waals surface area contributed by atoms with Gasteiger partial charge in [-0.2, -0.15) is 5.26 Å². The van der Waals surface area contributed by atoms with E-state index in [4.69, 9.17) is 9.47 Å². The highest BCUT2D eigenvalue weighted by Crippen LogP contribution is 2.32. The van der Waals surface area contributed by atoms with Gasteiger partial charge in [0, 0.05) is 11.6 Å². The first-order valence-electron chi connectivity index (χ1n) is 7.80. The van der Waals surface area contributed by atoms with E-state index in [-0.39, 0.29) is 16.9 Å². The van der Waals surface area contributed by atoms with Crippen molar-refractivity contribution >= 4 is 23.4 Å². The summed E-state index contributed by atoms with van der Waals surface area (Å²) in [5.74, 6) is 0.0364. The Morgan fingerprint density at radius 3 is 2.59 bits per heavy atom. The average molecular weight is 367 g/mol. The predicted octanol–water partition coefficient (Wildman–Crippen LogP) is 3.47. The molecule has 1 amide bonds. The number of nitriles is 1. The second kappa shape index (κ2) is 8.49. The normalized spacial score (nSPS) is 10.7. The van der Waals surface area contributed by atoms with E-state index in [1.54, 1.807) is 37.3 Å². The maximum absolute atomic E-state index is 12.5. The molecule has 0 bridgehead atoms. The number of amides is 1. The van der Waals surface area contributed by atoms with Gasteiger partial charge in [-0.25, -0.2) is 0 Å². The van der Waals surface area contributed by atoms with E-state index in [0.29, 0.717) is 22.6 Å². The number of carbonyl (C=O) groups is 1. The third-order valence-electron chi connectivity index (χ3n) is 3.70. The SMILES string of the molecule is COc1cccc(C=C(C#N)C(=O)Nc2ccc(C)cc2[N+](=O)[O-])c1OC. The Morgan fingerprint density at radius 1 is 1.26 bits per heavy atom. The lowest BCUT2D eigenvalue weighted by atomic mass is 10.1. The molecule has 8 heteroatoms. The molecule has 0 heterocycles. The lowest BCUT2D eigenvalue weighted by Gasteiger charge is -2.10.